The molecule has 0 aliphatic carbocycles. The van der Waals surface area contributed by atoms with Crippen LogP contribution in [0.25, 0.3) is 0 Å². The predicted octanol–water partition coefficient (Wildman–Crippen LogP) is 2.04. The Morgan fingerprint density at radius 2 is 1.54 bits per heavy atom. The lowest BCUT2D eigenvalue weighted by molar-refractivity contribution is -0.145. The molecule has 2 N–H and O–H groups in total. The Kier molecular flexibility index (Phi) is 7.66. The van der Waals surface area contributed by atoms with Crippen LogP contribution in [-0.4, -0.2) is 56.4 Å². The van der Waals surface area contributed by atoms with Gasteiger partial charge in [-0.15, -0.1) is 10.2 Å². The fourth-order valence-electron chi connectivity index (χ4n) is 1.92. The molecule has 0 aliphatic heterocycles. The number of esters is 1. The SMILES string of the molecule is CCOC(=O)COc1ccc(Oc2nc(NC(C)C)nc(NC(C)C)n2)nn1. The molecule has 0 fully saturated rings. The van der Waals surface area contributed by atoms with Crippen molar-refractivity contribution in [1.29, 1.82) is 0 Å². The number of aromatic nitrogens is 5. The lowest BCUT2D eigenvalue weighted by Gasteiger charge is -2.13. The fourth-order valence-corrected chi connectivity index (χ4v) is 1.92. The van der Waals surface area contributed by atoms with Crippen molar-refractivity contribution in [3.8, 4) is 17.8 Å². The number of carbonyl (C=O) groups excluding carboxylic acids is 1. The number of nitrogens with zero attached hydrogens (tertiary/aromatic N) is 5. The van der Waals surface area contributed by atoms with Gasteiger partial charge in [-0.1, -0.05) is 0 Å². The maximum atomic E-state index is 11.3. The van der Waals surface area contributed by atoms with Gasteiger partial charge in [0.15, 0.2) is 6.61 Å². The van der Waals surface area contributed by atoms with Crippen LogP contribution < -0.4 is 20.1 Å². The van der Waals surface area contributed by atoms with E-state index in [0.29, 0.717) is 11.9 Å². The van der Waals surface area contributed by atoms with Crippen LogP contribution in [0.2, 0.25) is 0 Å². The van der Waals surface area contributed by atoms with E-state index < -0.39 is 5.97 Å². The molecule has 2 rings (SSSR count). The third-order valence-corrected chi connectivity index (χ3v) is 2.91. The lowest BCUT2D eigenvalue weighted by Crippen LogP contribution is -2.17. The molecule has 0 saturated heterocycles. The minimum atomic E-state index is -0.481. The van der Waals surface area contributed by atoms with E-state index in [1.807, 2.05) is 27.7 Å². The van der Waals surface area contributed by atoms with Gasteiger partial charge in [-0.2, -0.15) is 15.0 Å². The molecule has 0 spiro atoms. The highest BCUT2D eigenvalue weighted by molar-refractivity contribution is 5.70. The second kappa shape index (κ2) is 10.2. The Morgan fingerprint density at radius 1 is 0.964 bits per heavy atom. The van der Waals surface area contributed by atoms with Crippen LogP contribution in [0.3, 0.4) is 0 Å². The zero-order valence-electron chi connectivity index (χ0n) is 16.6. The Morgan fingerprint density at radius 3 is 2.04 bits per heavy atom. The largest absolute Gasteiger partial charge is 0.465 e. The summed E-state index contributed by atoms with van der Waals surface area (Å²) >= 11 is 0. The molecule has 2 aromatic heterocycles. The molecule has 0 atom stereocenters. The van der Waals surface area contributed by atoms with Gasteiger partial charge in [-0.25, -0.2) is 4.79 Å². The average molecular weight is 391 g/mol. The first-order chi connectivity index (χ1) is 13.4. The van der Waals surface area contributed by atoms with Crippen molar-refractivity contribution in [2.45, 2.75) is 46.7 Å². The van der Waals surface area contributed by atoms with Gasteiger partial charge in [-0.05, 0) is 34.6 Å². The highest BCUT2D eigenvalue weighted by Crippen LogP contribution is 2.19. The molecular formula is C17H25N7O4. The monoisotopic (exact) mass is 391 g/mol. The maximum absolute atomic E-state index is 11.3. The Hall–Kier alpha value is -3.24. The molecular weight excluding hydrogens is 366 g/mol. The van der Waals surface area contributed by atoms with Crippen molar-refractivity contribution in [1.82, 2.24) is 25.1 Å². The van der Waals surface area contributed by atoms with E-state index in [9.17, 15) is 4.79 Å². The summed E-state index contributed by atoms with van der Waals surface area (Å²) in [5.74, 6) is 0.613. The van der Waals surface area contributed by atoms with Crippen molar-refractivity contribution in [2.24, 2.45) is 0 Å². The first-order valence-electron chi connectivity index (χ1n) is 8.94. The third kappa shape index (κ3) is 7.17. The smallest absolute Gasteiger partial charge is 0.344 e. The number of hydrogen-bond donors (Lipinski definition) is 2. The van der Waals surface area contributed by atoms with Gasteiger partial charge in [0.25, 0.3) is 0 Å². The van der Waals surface area contributed by atoms with E-state index in [1.54, 1.807) is 6.92 Å². The molecule has 152 valence electrons. The molecule has 2 aromatic rings. The summed E-state index contributed by atoms with van der Waals surface area (Å²) < 4.78 is 15.5. The zero-order valence-corrected chi connectivity index (χ0v) is 16.6. The quantitative estimate of drug-likeness (QED) is 0.576. The van der Waals surface area contributed by atoms with Gasteiger partial charge in [-0.3, -0.25) is 0 Å². The first-order valence-corrected chi connectivity index (χ1v) is 8.94. The zero-order chi connectivity index (χ0) is 20.5. The second-order valence-corrected chi connectivity index (χ2v) is 6.27. The predicted molar refractivity (Wildman–Crippen MR) is 102 cm³/mol. The topological polar surface area (TPSA) is 133 Å². The number of ether oxygens (including phenoxy) is 3. The molecule has 0 unspecified atom stereocenters. The van der Waals surface area contributed by atoms with Gasteiger partial charge < -0.3 is 24.8 Å². The first kappa shape index (κ1) is 21.1. The standard InChI is InChI=1S/C17H25N7O4/c1-6-26-14(25)9-27-12-7-8-13(24-23-12)28-17-21-15(18-10(2)3)20-16(22-17)19-11(4)5/h7-8,10-11H,6,9H2,1-5H3,(H2,18,19,20,21,22). The molecule has 28 heavy (non-hydrogen) atoms. The van der Waals surface area contributed by atoms with E-state index in [4.69, 9.17) is 14.2 Å². The molecule has 11 nitrogen and oxygen atoms in total. The number of rotatable bonds is 10. The Bertz CT molecular complexity index is 740. The Balaban J connectivity index is 2.07. The van der Waals surface area contributed by atoms with E-state index in [1.165, 1.54) is 12.1 Å². The van der Waals surface area contributed by atoms with Crippen molar-refractivity contribution in [3.05, 3.63) is 12.1 Å². The van der Waals surface area contributed by atoms with Gasteiger partial charge in [0, 0.05) is 24.2 Å². The summed E-state index contributed by atoms with van der Waals surface area (Å²) in [5.41, 5.74) is 0. The summed E-state index contributed by atoms with van der Waals surface area (Å²) in [4.78, 5) is 24.0. The van der Waals surface area contributed by atoms with E-state index in [0.717, 1.165) is 0 Å². The second-order valence-electron chi connectivity index (χ2n) is 6.27. The molecule has 0 aromatic carbocycles. The van der Waals surface area contributed by atoms with Crippen LogP contribution >= 0.6 is 0 Å². The lowest BCUT2D eigenvalue weighted by atomic mass is 10.4. The number of nitrogens with one attached hydrogen (secondary N) is 2. The molecule has 11 heteroatoms. The van der Waals surface area contributed by atoms with Gasteiger partial charge in [0.1, 0.15) is 0 Å². The summed E-state index contributed by atoms with van der Waals surface area (Å²) in [7, 11) is 0. The number of carbonyl (C=O) groups is 1. The van der Waals surface area contributed by atoms with E-state index in [2.05, 4.69) is 35.8 Å². The van der Waals surface area contributed by atoms with Crippen LogP contribution in [0.4, 0.5) is 11.9 Å². The van der Waals surface area contributed by atoms with Crippen LogP contribution in [-0.2, 0) is 9.53 Å². The molecule has 0 saturated carbocycles. The van der Waals surface area contributed by atoms with Crippen molar-refractivity contribution >= 4 is 17.9 Å². The third-order valence-electron chi connectivity index (χ3n) is 2.91. The summed E-state index contributed by atoms with van der Waals surface area (Å²) in [6.07, 6.45) is 0. The number of anilines is 2. The normalized spacial score (nSPS) is 10.7. The minimum absolute atomic E-state index is 0.0655. The summed E-state index contributed by atoms with van der Waals surface area (Å²) in [6, 6.07) is 3.39. The molecule has 0 aliphatic rings. The summed E-state index contributed by atoms with van der Waals surface area (Å²) in [5, 5.41) is 13.9. The highest BCUT2D eigenvalue weighted by Gasteiger charge is 2.12. The van der Waals surface area contributed by atoms with Gasteiger partial charge in [0.2, 0.25) is 23.7 Å². The van der Waals surface area contributed by atoms with Crippen molar-refractivity contribution in [3.63, 3.8) is 0 Å². The minimum Gasteiger partial charge on any atom is -0.465 e. The summed E-state index contributed by atoms with van der Waals surface area (Å²) in [6.45, 7) is 9.65. The fraction of sp³-hybridized carbons (Fsp3) is 0.529. The average Bonchev–Trinajstić information content (AvgIpc) is 2.60. The molecule has 0 radical (unpaired) electrons. The van der Waals surface area contributed by atoms with Gasteiger partial charge >= 0.3 is 12.0 Å². The van der Waals surface area contributed by atoms with Crippen LogP contribution in [0, 0.1) is 0 Å². The van der Waals surface area contributed by atoms with Gasteiger partial charge in [0.05, 0.1) is 6.61 Å². The van der Waals surface area contributed by atoms with E-state index in [-0.39, 0.29) is 43.1 Å². The maximum Gasteiger partial charge on any atom is 0.344 e. The van der Waals surface area contributed by atoms with Crippen LogP contribution in [0.15, 0.2) is 12.1 Å². The van der Waals surface area contributed by atoms with Crippen molar-refractivity contribution < 1.29 is 19.0 Å². The van der Waals surface area contributed by atoms with Crippen molar-refractivity contribution in [2.75, 3.05) is 23.8 Å². The highest BCUT2D eigenvalue weighted by atomic mass is 16.6. The molecule has 0 bridgehead atoms. The number of hydrogen-bond acceptors (Lipinski definition) is 11. The molecule has 0 amide bonds. The van der Waals surface area contributed by atoms with Crippen LogP contribution in [0.1, 0.15) is 34.6 Å². The Labute approximate surface area is 163 Å². The van der Waals surface area contributed by atoms with Crippen LogP contribution in [0.5, 0.6) is 17.8 Å². The van der Waals surface area contributed by atoms with E-state index >= 15 is 0 Å². The molecule has 2 heterocycles.